The molecule has 0 radical (unpaired) electrons. The number of rotatable bonds is 3. The molecule has 2 heterocycles. The molecular formula is C14H24N4S. The molecule has 1 aliphatic heterocycles. The van der Waals surface area contributed by atoms with Crippen molar-refractivity contribution >= 4 is 16.5 Å². The molecule has 1 aromatic heterocycles. The Balaban J connectivity index is 1.81. The van der Waals surface area contributed by atoms with Crippen molar-refractivity contribution in [2.45, 2.75) is 44.2 Å². The second-order valence-corrected chi connectivity index (χ2v) is 7.12. The first-order chi connectivity index (χ1) is 9.15. The number of hydrogen-bond donors (Lipinski definition) is 1. The minimum Gasteiger partial charge on any atom is -0.344 e. The van der Waals surface area contributed by atoms with Gasteiger partial charge in [-0.25, -0.2) is 4.98 Å². The van der Waals surface area contributed by atoms with E-state index in [1.807, 2.05) is 11.3 Å². The van der Waals surface area contributed by atoms with Crippen molar-refractivity contribution in [3.05, 3.63) is 10.6 Å². The molecule has 1 aliphatic carbocycles. The summed E-state index contributed by atoms with van der Waals surface area (Å²) in [5.74, 6) is 0. The van der Waals surface area contributed by atoms with Crippen LogP contribution in [-0.2, 0) is 6.42 Å². The summed E-state index contributed by atoms with van der Waals surface area (Å²) in [6.45, 7) is 2.27. The van der Waals surface area contributed by atoms with Crippen LogP contribution < -0.4 is 10.6 Å². The number of nitrogens with zero attached hydrogens (tertiary/aromatic N) is 3. The third-order valence-corrected chi connectivity index (χ3v) is 5.35. The fourth-order valence-corrected chi connectivity index (χ4v) is 4.53. The third kappa shape index (κ3) is 2.64. The number of aryl methyl sites for hydroxylation is 1. The van der Waals surface area contributed by atoms with Gasteiger partial charge in [-0.3, -0.25) is 0 Å². The molecule has 0 amide bonds. The Morgan fingerprint density at radius 3 is 2.95 bits per heavy atom. The van der Waals surface area contributed by atoms with Gasteiger partial charge >= 0.3 is 0 Å². The molecule has 2 aliphatic rings. The van der Waals surface area contributed by atoms with Gasteiger partial charge in [0.25, 0.3) is 0 Å². The van der Waals surface area contributed by atoms with E-state index < -0.39 is 0 Å². The Morgan fingerprint density at radius 2 is 2.21 bits per heavy atom. The van der Waals surface area contributed by atoms with E-state index in [-0.39, 0.29) is 6.04 Å². The number of nitrogens with two attached hydrogens (primary N) is 1. The zero-order chi connectivity index (χ0) is 13.4. The molecule has 1 aromatic rings. The zero-order valence-corrected chi connectivity index (χ0v) is 12.7. The molecule has 19 heavy (non-hydrogen) atoms. The molecule has 1 fully saturated rings. The first-order valence-corrected chi connectivity index (χ1v) is 8.13. The topological polar surface area (TPSA) is 45.4 Å². The van der Waals surface area contributed by atoms with Gasteiger partial charge in [-0.2, -0.15) is 0 Å². The number of fused-ring (bicyclic) bond motifs is 1. The second kappa shape index (κ2) is 5.38. The lowest BCUT2D eigenvalue weighted by Gasteiger charge is -2.26. The number of likely N-dealkylation sites (N-methyl/N-ethyl adjacent to an activating group) is 1. The highest BCUT2D eigenvalue weighted by Crippen LogP contribution is 2.37. The largest absolute Gasteiger partial charge is 0.344 e. The smallest absolute Gasteiger partial charge is 0.186 e. The van der Waals surface area contributed by atoms with E-state index in [4.69, 9.17) is 10.7 Å². The van der Waals surface area contributed by atoms with E-state index in [1.165, 1.54) is 41.4 Å². The number of aromatic nitrogens is 1. The summed E-state index contributed by atoms with van der Waals surface area (Å²) in [5, 5.41) is 1.21. The Labute approximate surface area is 119 Å². The van der Waals surface area contributed by atoms with Gasteiger partial charge in [0, 0.05) is 30.1 Å². The standard InChI is InChI=1S/C14H24N4S/c1-17(2)9-10-5-4-8-18(10)14-16-13-11(15)6-3-7-12(13)19-14/h10-11H,3-9,15H2,1-2H3. The summed E-state index contributed by atoms with van der Waals surface area (Å²) in [6.07, 6.45) is 6.06. The van der Waals surface area contributed by atoms with E-state index in [9.17, 15) is 0 Å². The van der Waals surface area contributed by atoms with Crippen LogP contribution in [-0.4, -0.2) is 43.1 Å². The summed E-state index contributed by atoms with van der Waals surface area (Å²) in [6, 6.07) is 0.794. The first-order valence-electron chi connectivity index (χ1n) is 7.31. The van der Waals surface area contributed by atoms with E-state index >= 15 is 0 Å². The third-order valence-electron chi connectivity index (χ3n) is 4.19. The van der Waals surface area contributed by atoms with Crippen LogP contribution in [0.25, 0.3) is 0 Å². The molecule has 1 saturated heterocycles. The quantitative estimate of drug-likeness (QED) is 0.920. The van der Waals surface area contributed by atoms with Crippen molar-refractivity contribution in [3.63, 3.8) is 0 Å². The molecule has 2 atom stereocenters. The molecule has 5 heteroatoms. The van der Waals surface area contributed by atoms with Crippen LogP contribution in [0.15, 0.2) is 0 Å². The highest BCUT2D eigenvalue weighted by Gasteiger charge is 2.30. The average molecular weight is 280 g/mol. The Hall–Kier alpha value is -0.650. The normalized spacial score (nSPS) is 27.1. The van der Waals surface area contributed by atoms with Gasteiger partial charge in [0.05, 0.1) is 5.69 Å². The fraction of sp³-hybridized carbons (Fsp3) is 0.786. The molecule has 2 N–H and O–H groups in total. The summed E-state index contributed by atoms with van der Waals surface area (Å²) < 4.78 is 0. The van der Waals surface area contributed by atoms with Gasteiger partial charge in [-0.1, -0.05) is 0 Å². The van der Waals surface area contributed by atoms with E-state index in [0.29, 0.717) is 6.04 Å². The minimum absolute atomic E-state index is 0.170. The lowest BCUT2D eigenvalue weighted by Crippen LogP contribution is -2.37. The molecule has 0 saturated carbocycles. The summed E-state index contributed by atoms with van der Waals surface area (Å²) in [5.41, 5.74) is 7.37. The number of thiazole rings is 1. The maximum atomic E-state index is 6.19. The summed E-state index contributed by atoms with van der Waals surface area (Å²) in [7, 11) is 4.30. The average Bonchev–Trinajstić information content (AvgIpc) is 2.94. The van der Waals surface area contributed by atoms with Crippen LogP contribution >= 0.6 is 11.3 Å². The molecular weight excluding hydrogens is 256 g/mol. The highest BCUT2D eigenvalue weighted by molar-refractivity contribution is 7.15. The number of anilines is 1. The van der Waals surface area contributed by atoms with Crippen LogP contribution in [0.4, 0.5) is 5.13 Å². The molecule has 4 nitrogen and oxygen atoms in total. The Bertz CT molecular complexity index is 443. The first kappa shape index (κ1) is 13.3. The predicted molar refractivity (Wildman–Crippen MR) is 80.9 cm³/mol. The van der Waals surface area contributed by atoms with Crippen LogP contribution in [0.5, 0.6) is 0 Å². The predicted octanol–water partition coefficient (Wildman–Crippen LogP) is 2.01. The fourth-order valence-electron chi connectivity index (χ4n) is 3.26. The maximum absolute atomic E-state index is 6.19. The van der Waals surface area contributed by atoms with Gasteiger partial charge in [-0.15, -0.1) is 11.3 Å². The monoisotopic (exact) mass is 280 g/mol. The molecule has 3 rings (SSSR count). The van der Waals surface area contributed by atoms with Crippen molar-refractivity contribution in [2.75, 3.05) is 32.1 Å². The highest BCUT2D eigenvalue weighted by atomic mass is 32.1. The molecule has 2 unspecified atom stereocenters. The second-order valence-electron chi connectivity index (χ2n) is 6.06. The van der Waals surface area contributed by atoms with Crippen LogP contribution in [0, 0.1) is 0 Å². The van der Waals surface area contributed by atoms with Crippen molar-refractivity contribution in [2.24, 2.45) is 5.73 Å². The van der Waals surface area contributed by atoms with Crippen molar-refractivity contribution in [3.8, 4) is 0 Å². The Kier molecular flexibility index (Phi) is 3.78. The van der Waals surface area contributed by atoms with Crippen LogP contribution in [0.1, 0.15) is 42.3 Å². The zero-order valence-electron chi connectivity index (χ0n) is 11.9. The van der Waals surface area contributed by atoms with Gasteiger partial charge in [0.15, 0.2) is 5.13 Å². The molecule has 0 bridgehead atoms. The summed E-state index contributed by atoms with van der Waals surface area (Å²) >= 11 is 1.88. The van der Waals surface area contributed by atoms with Gasteiger partial charge in [0.2, 0.25) is 0 Å². The van der Waals surface area contributed by atoms with Gasteiger partial charge in [0.1, 0.15) is 0 Å². The van der Waals surface area contributed by atoms with Crippen molar-refractivity contribution in [1.29, 1.82) is 0 Å². The van der Waals surface area contributed by atoms with Gasteiger partial charge in [-0.05, 0) is 46.2 Å². The van der Waals surface area contributed by atoms with Crippen LogP contribution in [0.3, 0.4) is 0 Å². The lowest BCUT2D eigenvalue weighted by atomic mass is 9.99. The lowest BCUT2D eigenvalue weighted by molar-refractivity contribution is 0.372. The van der Waals surface area contributed by atoms with Crippen LogP contribution in [0.2, 0.25) is 0 Å². The van der Waals surface area contributed by atoms with Crippen molar-refractivity contribution < 1.29 is 0 Å². The Morgan fingerprint density at radius 1 is 1.37 bits per heavy atom. The SMILES string of the molecule is CN(C)CC1CCCN1c1nc2c(s1)CCCC2N. The van der Waals surface area contributed by atoms with Crippen molar-refractivity contribution in [1.82, 2.24) is 9.88 Å². The molecule has 0 aromatic carbocycles. The number of hydrogen-bond acceptors (Lipinski definition) is 5. The molecule has 106 valence electrons. The van der Waals surface area contributed by atoms with E-state index in [2.05, 4.69) is 23.9 Å². The van der Waals surface area contributed by atoms with E-state index in [0.717, 1.165) is 19.5 Å². The summed E-state index contributed by atoms with van der Waals surface area (Å²) in [4.78, 5) is 11.1. The van der Waals surface area contributed by atoms with E-state index in [1.54, 1.807) is 0 Å². The minimum atomic E-state index is 0.170. The molecule has 0 spiro atoms. The van der Waals surface area contributed by atoms with Gasteiger partial charge < -0.3 is 15.5 Å². The maximum Gasteiger partial charge on any atom is 0.186 e.